The Morgan fingerprint density at radius 1 is 1.32 bits per heavy atom. The molecule has 1 atom stereocenters. The number of ether oxygens (including phenoxy) is 1. The highest BCUT2D eigenvalue weighted by atomic mass is 79.9. The first-order valence-electron chi connectivity index (χ1n) is 5.26. The van der Waals surface area contributed by atoms with Gasteiger partial charge < -0.3 is 4.74 Å². The van der Waals surface area contributed by atoms with Gasteiger partial charge in [-0.25, -0.2) is 9.37 Å². The van der Waals surface area contributed by atoms with Crippen molar-refractivity contribution in [3.05, 3.63) is 50.6 Å². The summed E-state index contributed by atoms with van der Waals surface area (Å²) in [5, 5.41) is 0.282. The second-order valence-corrected chi connectivity index (χ2v) is 5.29. The second-order valence-electron chi connectivity index (χ2n) is 3.70. The van der Waals surface area contributed by atoms with Crippen LogP contribution in [0.4, 0.5) is 4.39 Å². The zero-order chi connectivity index (χ0) is 14.0. The number of benzene rings is 1. The normalized spacial score (nSPS) is 12.3. The maximum Gasteiger partial charge on any atom is 0.233 e. The first-order valence-corrected chi connectivity index (χ1v) is 6.81. The Morgan fingerprint density at radius 3 is 2.74 bits per heavy atom. The predicted molar refractivity (Wildman–Crippen MR) is 75.2 cm³/mol. The fourth-order valence-electron chi connectivity index (χ4n) is 1.54. The summed E-state index contributed by atoms with van der Waals surface area (Å²) < 4.78 is 19.5. The number of nitrogens with zero attached hydrogens (tertiary/aromatic N) is 2. The minimum Gasteiger partial charge on any atom is -0.469 e. The molecule has 0 amide bonds. The third-order valence-corrected chi connectivity index (χ3v) is 3.46. The van der Waals surface area contributed by atoms with Gasteiger partial charge in [0, 0.05) is 10.6 Å². The van der Waals surface area contributed by atoms with Crippen LogP contribution in [-0.4, -0.2) is 9.97 Å². The fourth-order valence-corrected chi connectivity index (χ4v) is 2.51. The summed E-state index contributed by atoms with van der Waals surface area (Å²) in [6.07, 6.45) is 2.42. The van der Waals surface area contributed by atoms with E-state index >= 15 is 0 Å². The molecule has 19 heavy (non-hydrogen) atoms. The van der Waals surface area contributed by atoms with Crippen molar-refractivity contribution in [2.45, 2.75) is 13.0 Å². The number of halogens is 4. The molecule has 0 saturated heterocycles. The molecule has 100 valence electrons. The van der Waals surface area contributed by atoms with Crippen molar-refractivity contribution in [2.75, 3.05) is 0 Å². The third kappa shape index (κ3) is 3.35. The quantitative estimate of drug-likeness (QED) is 0.731. The Kier molecular flexibility index (Phi) is 4.60. The Morgan fingerprint density at radius 2 is 2.05 bits per heavy atom. The highest BCUT2D eigenvalue weighted by molar-refractivity contribution is 9.10. The molecular weight excluding hydrogens is 358 g/mol. The molecule has 0 aliphatic rings. The lowest BCUT2D eigenvalue weighted by Crippen LogP contribution is -2.07. The zero-order valence-electron chi connectivity index (χ0n) is 9.70. The number of rotatable bonds is 3. The van der Waals surface area contributed by atoms with Crippen molar-refractivity contribution < 1.29 is 9.13 Å². The van der Waals surface area contributed by atoms with E-state index in [0.29, 0.717) is 21.1 Å². The van der Waals surface area contributed by atoms with E-state index in [1.54, 1.807) is 6.92 Å². The summed E-state index contributed by atoms with van der Waals surface area (Å²) >= 11 is 15.1. The topological polar surface area (TPSA) is 35.0 Å². The standard InChI is InChI=1S/C12H8BrCl2FN2O/c1-6(19-10-5-17-4-9(13)18-10)11-7(14)2-3-8(16)12(11)15/h2-6H,1H3/t6-/m1/s1. The van der Waals surface area contributed by atoms with E-state index in [0.717, 1.165) is 0 Å². The summed E-state index contributed by atoms with van der Waals surface area (Å²) in [4.78, 5) is 7.99. The molecule has 0 spiro atoms. The van der Waals surface area contributed by atoms with Crippen LogP contribution in [0.2, 0.25) is 10.0 Å². The van der Waals surface area contributed by atoms with Crippen molar-refractivity contribution >= 4 is 39.1 Å². The Balaban J connectivity index is 2.30. The first kappa shape index (κ1) is 14.5. The summed E-state index contributed by atoms with van der Waals surface area (Å²) in [6, 6.07) is 2.64. The van der Waals surface area contributed by atoms with Crippen molar-refractivity contribution in [3.63, 3.8) is 0 Å². The largest absolute Gasteiger partial charge is 0.469 e. The Labute approximate surface area is 127 Å². The zero-order valence-corrected chi connectivity index (χ0v) is 12.8. The molecule has 3 nitrogen and oxygen atoms in total. The molecule has 0 fully saturated rings. The Hall–Kier alpha value is -0.910. The van der Waals surface area contributed by atoms with Crippen LogP contribution in [0, 0.1) is 5.82 Å². The van der Waals surface area contributed by atoms with Crippen molar-refractivity contribution in [2.24, 2.45) is 0 Å². The van der Waals surface area contributed by atoms with Crippen molar-refractivity contribution in [1.82, 2.24) is 9.97 Å². The van der Waals surface area contributed by atoms with E-state index in [2.05, 4.69) is 25.9 Å². The highest BCUT2D eigenvalue weighted by Gasteiger charge is 2.19. The van der Waals surface area contributed by atoms with E-state index in [1.165, 1.54) is 24.5 Å². The molecule has 0 bridgehead atoms. The van der Waals surface area contributed by atoms with E-state index < -0.39 is 11.9 Å². The molecule has 0 aliphatic carbocycles. The van der Waals surface area contributed by atoms with E-state index in [4.69, 9.17) is 27.9 Å². The van der Waals surface area contributed by atoms with Gasteiger partial charge >= 0.3 is 0 Å². The van der Waals surface area contributed by atoms with Gasteiger partial charge in [0.15, 0.2) is 0 Å². The van der Waals surface area contributed by atoms with E-state index in [-0.39, 0.29) is 5.02 Å². The predicted octanol–water partition coefficient (Wildman–Crippen LogP) is 4.83. The van der Waals surface area contributed by atoms with E-state index in [9.17, 15) is 4.39 Å². The molecular formula is C12H8BrCl2FN2O. The van der Waals surface area contributed by atoms with Crippen LogP contribution >= 0.6 is 39.1 Å². The third-order valence-electron chi connectivity index (χ3n) is 2.37. The lowest BCUT2D eigenvalue weighted by atomic mass is 10.1. The van der Waals surface area contributed by atoms with Gasteiger partial charge in [0.05, 0.1) is 17.4 Å². The summed E-state index contributed by atoms with van der Waals surface area (Å²) in [6.45, 7) is 1.70. The fraction of sp³-hybridized carbons (Fsp3) is 0.167. The van der Waals surface area contributed by atoms with Crippen LogP contribution in [0.25, 0.3) is 0 Å². The monoisotopic (exact) mass is 364 g/mol. The van der Waals surface area contributed by atoms with Crippen molar-refractivity contribution in [1.29, 1.82) is 0 Å². The van der Waals surface area contributed by atoms with Crippen LogP contribution in [0.5, 0.6) is 5.88 Å². The van der Waals surface area contributed by atoms with Gasteiger partial charge in [0.25, 0.3) is 0 Å². The average Bonchev–Trinajstić information content (AvgIpc) is 2.34. The molecule has 0 saturated carbocycles. The minimum absolute atomic E-state index is 0.0528. The second kappa shape index (κ2) is 6.03. The molecule has 0 radical (unpaired) electrons. The molecule has 2 aromatic rings. The van der Waals surface area contributed by atoms with Crippen LogP contribution in [0.3, 0.4) is 0 Å². The Bertz CT molecular complexity index is 612. The highest BCUT2D eigenvalue weighted by Crippen LogP contribution is 2.34. The lowest BCUT2D eigenvalue weighted by Gasteiger charge is -2.17. The van der Waals surface area contributed by atoms with Gasteiger partial charge in [0.1, 0.15) is 16.5 Å². The number of hydrogen-bond donors (Lipinski definition) is 0. The SMILES string of the molecule is C[C@@H](Oc1cncc(Br)n1)c1c(Cl)ccc(F)c1Cl. The van der Waals surface area contributed by atoms with Crippen LogP contribution in [0.15, 0.2) is 29.1 Å². The molecule has 1 aromatic carbocycles. The van der Waals surface area contributed by atoms with Crippen LogP contribution < -0.4 is 4.74 Å². The molecule has 0 N–H and O–H groups in total. The smallest absolute Gasteiger partial charge is 0.233 e. The van der Waals surface area contributed by atoms with Gasteiger partial charge in [-0.15, -0.1) is 0 Å². The van der Waals surface area contributed by atoms with Gasteiger partial charge in [-0.05, 0) is 35.0 Å². The summed E-state index contributed by atoms with van der Waals surface area (Å²) in [5.41, 5.74) is 0.380. The van der Waals surface area contributed by atoms with Gasteiger partial charge in [-0.2, -0.15) is 0 Å². The number of aromatic nitrogens is 2. The van der Waals surface area contributed by atoms with Gasteiger partial charge in [-0.1, -0.05) is 23.2 Å². The number of hydrogen-bond acceptors (Lipinski definition) is 3. The van der Waals surface area contributed by atoms with Gasteiger partial charge in [-0.3, -0.25) is 4.98 Å². The molecule has 1 heterocycles. The molecule has 0 aliphatic heterocycles. The molecule has 0 unspecified atom stereocenters. The molecule has 1 aromatic heterocycles. The maximum absolute atomic E-state index is 13.4. The average molecular weight is 366 g/mol. The van der Waals surface area contributed by atoms with Gasteiger partial charge in [0.2, 0.25) is 5.88 Å². The van der Waals surface area contributed by atoms with E-state index in [1.807, 2.05) is 0 Å². The maximum atomic E-state index is 13.4. The molecule has 2 rings (SSSR count). The first-order chi connectivity index (χ1) is 8.99. The van der Waals surface area contributed by atoms with Crippen molar-refractivity contribution in [3.8, 4) is 5.88 Å². The van der Waals surface area contributed by atoms with Crippen LogP contribution in [0.1, 0.15) is 18.6 Å². The molecule has 7 heteroatoms. The summed E-state index contributed by atoms with van der Waals surface area (Å²) in [7, 11) is 0. The van der Waals surface area contributed by atoms with Crippen LogP contribution in [-0.2, 0) is 0 Å². The summed E-state index contributed by atoms with van der Waals surface area (Å²) in [5.74, 6) is -0.255. The minimum atomic E-state index is -0.556. The lowest BCUT2D eigenvalue weighted by molar-refractivity contribution is 0.215.